The Hall–Kier alpha value is -0.610. The highest BCUT2D eigenvalue weighted by Gasteiger charge is 2.32. The topological polar surface area (TPSA) is 37.8 Å². The predicted octanol–water partition coefficient (Wildman–Crippen LogP) is 2.35. The van der Waals surface area contributed by atoms with E-state index in [0.29, 0.717) is 17.2 Å². The molecule has 1 fully saturated rings. The molecule has 1 aromatic heterocycles. The minimum Gasteiger partial charge on any atom is -0.314 e. The van der Waals surface area contributed by atoms with Crippen LogP contribution in [0.3, 0.4) is 0 Å². The maximum atomic E-state index is 4.33. The van der Waals surface area contributed by atoms with E-state index in [0.717, 1.165) is 11.6 Å². The van der Waals surface area contributed by atoms with Crippen molar-refractivity contribution in [2.45, 2.75) is 43.0 Å². The first-order valence-electron chi connectivity index (χ1n) is 5.97. The van der Waals surface area contributed by atoms with Crippen LogP contribution < -0.4 is 5.32 Å². The summed E-state index contributed by atoms with van der Waals surface area (Å²) >= 11 is 1.88. The molecular formula is C12H19N3S. The Morgan fingerprint density at radius 2 is 2.31 bits per heavy atom. The van der Waals surface area contributed by atoms with Crippen molar-refractivity contribution in [2.75, 3.05) is 6.54 Å². The van der Waals surface area contributed by atoms with Crippen molar-refractivity contribution in [1.82, 2.24) is 15.3 Å². The number of thioether (sulfide) groups is 1. The fourth-order valence-electron chi connectivity index (χ4n) is 2.35. The lowest BCUT2D eigenvalue weighted by Gasteiger charge is -2.20. The summed E-state index contributed by atoms with van der Waals surface area (Å²) in [7, 11) is 0. The fourth-order valence-corrected chi connectivity index (χ4v) is 3.56. The zero-order chi connectivity index (χ0) is 11.4. The third-order valence-corrected chi connectivity index (χ3v) is 4.68. The Morgan fingerprint density at radius 3 is 3.00 bits per heavy atom. The first-order valence-corrected chi connectivity index (χ1v) is 6.85. The van der Waals surface area contributed by atoms with E-state index in [-0.39, 0.29) is 0 Å². The molecule has 1 aromatic rings. The van der Waals surface area contributed by atoms with Gasteiger partial charge in [0.15, 0.2) is 0 Å². The van der Waals surface area contributed by atoms with Crippen LogP contribution in [0.4, 0.5) is 0 Å². The standard InChI is InChI=1S/C12H19N3S/c1-3-14-10-4-5-11(9(10)2)16-12-8-13-6-7-15-12/h6-11,14H,3-5H2,1-2H3. The summed E-state index contributed by atoms with van der Waals surface area (Å²) in [6.45, 7) is 5.59. The molecule has 1 heterocycles. The monoisotopic (exact) mass is 237 g/mol. The average Bonchev–Trinajstić information content (AvgIpc) is 2.64. The molecule has 4 heteroatoms. The quantitative estimate of drug-likeness (QED) is 0.872. The van der Waals surface area contributed by atoms with E-state index in [9.17, 15) is 0 Å². The lowest BCUT2D eigenvalue weighted by molar-refractivity contribution is 0.441. The number of rotatable bonds is 4. The molecule has 3 nitrogen and oxygen atoms in total. The van der Waals surface area contributed by atoms with Gasteiger partial charge in [-0.1, -0.05) is 13.8 Å². The Bertz CT molecular complexity index is 317. The molecule has 1 aliphatic carbocycles. The molecule has 1 N–H and O–H groups in total. The minimum absolute atomic E-state index is 0.680. The summed E-state index contributed by atoms with van der Waals surface area (Å²) in [6.07, 6.45) is 7.91. The molecule has 3 atom stereocenters. The van der Waals surface area contributed by atoms with Crippen molar-refractivity contribution >= 4 is 11.8 Å². The second-order valence-electron chi connectivity index (χ2n) is 4.30. The number of nitrogens with one attached hydrogen (secondary N) is 1. The van der Waals surface area contributed by atoms with E-state index >= 15 is 0 Å². The van der Waals surface area contributed by atoms with E-state index in [4.69, 9.17) is 0 Å². The van der Waals surface area contributed by atoms with Gasteiger partial charge in [0, 0.05) is 23.7 Å². The van der Waals surface area contributed by atoms with Crippen LogP contribution in [0.1, 0.15) is 26.7 Å². The van der Waals surface area contributed by atoms with Crippen molar-refractivity contribution < 1.29 is 0 Å². The van der Waals surface area contributed by atoms with Crippen molar-refractivity contribution in [1.29, 1.82) is 0 Å². The molecule has 16 heavy (non-hydrogen) atoms. The molecule has 0 amide bonds. The van der Waals surface area contributed by atoms with E-state index in [1.807, 2.05) is 18.0 Å². The van der Waals surface area contributed by atoms with Gasteiger partial charge in [0.25, 0.3) is 0 Å². The predicted molar refractivity (Wildman–Crippen MR) is 67.5 cm³/mol. The maximum Gasteiger partial charge on any atom is 0.115 e. The van der Waals surface area contributed by atoms with Gasteiger partial charge in [0.05, 0.1) is 6.20 Å². The van der Waals surface area contributed by atoms with Crippen LogP contribution in [-0.2, 0) is 0 Å². The van der Waals surface area contributed by atoms with Gasteiger partial charge in [-0.3, -0.25) is 4.98 Å². The summed E-state index contributed by atoms with van der Waals surface area (Å²) in [5.41, 5.74) is 0. The molecule has 0 spiro atoms. The summed E-state index contributed by atoms with van der Waals surface area (Å²) in [6, 6.07) is 0.680. The van der Waals surface area contributed by atoms with Crippen LogP contribution in [0.25, 0.3) is 0 Å². The van der Waals surface area contributed by atoms with Gasteiger partial charge < -0.3 is 5.32 Å². The van der Waals surface area contributed by atoms with Crippen LogP contribution in [0, 0.1) is 5.92 Å². The molecule has 1 saturated carbocycles. The molecular weight excluding hydrogens is 218 g/mol. The normalized spacial score (nSPS) is 29.5. The van der Waals surface area contributed by atoms with E-state index < -0.39 is 0 Å². The Balaban J connectivity index is 1.92. The highest BCUT2D eigenvalue weighted by molar-refractivity contribution is 7.99. The molecule has 0 bridgehead atoms. The minimum atomic E-state index is 0.680. The van der Waals surface area contributed by atoms with Crippen LogP contribution in [-0.4, -0.2) is 27.8 Å². The largest absolute Gasteiger partial charge is 0.314 e. The first-order chi connectivity index (χ1) is 7.81. The number of nitrogens with zero attached hydrogens (tertiary/aromatic N) is 2. The van der Waals surface area contributed by atoms with Crippen LogP contribution in [0.2, 0.25) is 0 Å². The van der Waals surface area contributed by atoms with Crippen LogP contribution in [0.15, 0.2) is 23.6 Å². The smallest absolute Gasteiger partial charge is 0.115 e. The van der Waals surface area contributed by atoms with Gasteiger partial charge in [-0.2, -0.15) is 0 Å². The van der Waals surface area contributed by atoms with Crippen LogP contribution in [0.5, 0.6) is 0 Å². The molecule has 0 saturated heterocycles. The zero-order valence-corrected chi connectivity index (χ0v) is 10.7. The highest BCUT2D eigenvalue weighted by Crippen LogP contribution is 2.37. The van der Waals surface area contributed by atoms with Crippen molar-refractivity contribution in [2.24, 2.45) is 5.92 Å². The van der Waals surface area contributed by atoms with Gasteiger partial charge >= 0.3 is 0 Å². The molecule has 0 radical (unpaired) electrons. The Labute approximate surface area is 101 Å². The number of hydrogen-bond acceptors (Lipinski definition) is 4. The van der Waals surface area contributed by atoms with Crippen molar-refractivity contribution in [3.8, 4) is 0 Å². The third-order valence-electron chi connectivity index (χ3n) is 3.26. The van der Waals surface area contributed by atoms with E-state index in [2.05, 4.69) is 29.1 Å². The average molecular weight is 237 g/mol. The number of hydrogen-bond donors (Lipinski definition) is 1. The zero-order valence-electron chi connectivity index (χ0n) is 9.89. The lowest BCUT2D eigenvalue weighted by Crippen LogP contribution is -2.33. The highest BCUT2D eigenvalue weighted by atomic mass is 32.2. The molecule has 0 aliphatic heterocycles. The molecule has 0 aromatic carbocycles. The lowest BCUT2D eigenvalue weighted by atomic mass is 10.1. The van der Waals surface area contributed by atoms with Gasteiger partial charge in [-0.15, -0.1) is 11.8 Å². The van der Waals surface area contributed by atoms with Gasteiger partial charge in [0.2, 0.25) is 0 Å². The van der Waals surface area contributed by atoms with E-state index in [1.165, 1.54) is 12.8 Å². The summed E-state index contributed by atoms with van der Waals surface area (Å²) in [4.78, 5) is 8.44. The van der Waals surface area contributed by atoms with Crippen molar-refractivity contribution in [3.63, 3.8) is 0 Å². The van der Waals surface area contributed by atoms with Crippen LogP contribution >= 0.6 is 11.8 Å². The third kappa shape index (κ3) is 2.74. The molecule has 2 rings (SSSR count). The van der Waals surface area contributed by atoms with Crippen molar-refractivity contribution in [3.05, 3.63) is 18.6 Å². The first kappa shape index (κ1) is 11.9. The van der Waals surface area contributed by atoms with Gasteiger partial charge in [-0.25, -0.2) is 4.98 Å². The molecule has 3 unspecified atom stereocenters. The van der Waals surface area contributed by atoms with Gasteiger partial charge in [-0.05, 0) is 25.3 Å². The number of aromatic nitrogens is 2. The van der Waals surface area contributed by atoms with Gasteiger partial charge in [0.1, 0.15) is 5.03 Å². The molecule has 88 valence electrons. The maximum absolute atomic E-state index is 4.33. The van der Waals surface area contributed by atoms with E-state index in [1.54, 1.807) is 12.4 Å². The second-order valence-corrected chi connectivity index (χ2v) is 5.56. The second kappa shape index (κ2) is 5.64. The summed E-state index contributed by atoms with van der Waals surface area (Å²) < 4.78 is 0. The Kier molecular flexibility index (Phi) is 4.18. The Morgan fingerprint density at radius 1 is 1.44 bits per heavy atom. The fraction of sp³-hybridized carbons (Fsp3) is 0.667. The summed E-state index contributed by atoms with van der Waals surface area (Å²) in [5, 5.41) is 5.29. The summed E-state index contributed by atoms with van der Waals surface area (Å²) in [5.74, 6) is 0.715. The molecule has 1 aliphatic rings. The SMILES string of the molecule is CCNC1CCC(Sc2cnccn2)C1C.